The number of carbonyl (C=O) groups is 16. The second-order valence-electron chi connectivity index (χ2n) is 27.5. The number of aliphatic hydroxyl groups excluding tert-OH is 1. The molecule has 2 saturated heterocycles. The Labute approximate surface area is 654 Å². The van der Waals surface area contributed by atoms with Gasteiger partial charge >= 0.3 is 5.97 Å². The first kappa shape index (κ1) is 86.7. The van der Waals surface area contributed by atoms with Crippen molar-refractivity contribution in [3.8, 4) is 0 Å². The van der Waals surface area contributed by atoms with E-state index >= 15 is 24.0 Å². The quantitative estimate of drug-likeness (QED) is 0.0199. The van der Waals surface area contributed by atoms with Crippen molar-refractivity contribution in [1.29, 1.82) is 0 Å². The normalized spacial score (nSPS) is 21.3. The molecule has 2 aliphatic rings. The van der Waals surface area contributed by atoms with E-state index in [1.165, 1.54) is 37.5 Å². The van der Waals surface area contributed by atoms with Gasteiger partial charge in [0.25, 0.3) is 0 Å². The van der Waals surface area contributed by atoms with Gasteiger partial charge in [0.15, 0.2) is 0 Å². The molecule has 2 fully saturated rings. The molecular weight excluding hydrogens is 1510 g/mol. The number of carbonyl (C=O) groups excluding carboxylic acids is 15. The number of aromatic amines is 3. The Morgan fingerprint density at radius 3 is 1.67 bits per heavy atom. The van der Waals surface area contributed by atoms with Crippen LogP contribution in [-0.2, 0) is 109 Å². The average molecular weight is 1600 g/mol. The summed E-state index contributed by atoms with van der Waals surface area (Å²) in [7, 11) is 1.42. The van der Waals surface area contributed by atoms with E-state index in [1.54, 1.807) is 85.9 Å². The van der Waals surface area contributed by atoms with Gasteiger partial charge in [0.2, 0.25) is 88.6 Å². The number of amides is 15. The molecule has 3 aromatic carbocycles. The van der Waals surface area contributed by atoms with Crippen LogP contribution in [0.2, 0.25) is 0 Å². The number of aliphatic hydroxyl groups is 1. The highest BCUT2D eigenvalue weighted by atomic mass is 33.1. The summed E-state index contributed by atoms with van der Waals surface area (Å²) in [6.07, 6.45) is 0.207. The van der Waals surface area contributed by atoms with Crippen molar-refractivity contribution >= 4 is 138 Å². The maximum atomic E-state index is 15.3. The van der Waals surface area contributed by atoms with Gasteiger partial charge in [0.1, 0.15) is 72.5 Å². The molecule has 0 aliphatic carbocycles. The van der Waals surface area contributed by atoms with Gasteiger partial charge in [-0.1, -0.05) is 103 Å². The molecule has 0 unspecified atom stereocenters. The fraction of sp³-hybridized carbons (Fsp3) is 0.438. The number of hydrogen-bond donors (Lipinski definition) is 20. The molecule has 2 aliphatic heterocycles. The van der Waals surface area contributed by atoms with Gasteiger partial charge in [-0.15, -0.1) is 0 Å². The summed E-state index contributed by atoms with van der Waals surface area (Å²) >= 11 is 0. The fourth-order valence-electron chi connectivity index (χ4n) is 13.0. The van der Waals surface area contributed by atoms with Gasteiger partial charge in [-0.05, 0) is 60.1 Å². The number of aliphatic carboxylic acids is 1. The molecule has 8 rings (SSSR count). The lowest BCUT2D eigenvalue weighted by molar-refractivity contribution is -0.142. The minimum absolute atomic E-state index is 0.0468. The van der Waals surface area contributed by atoms with Gasteiger partial charge < -0.3 is 111 Å². The number of imidazole rings is 1. The van der Waals surface area contributed by atoms with Crippen molar-refractivity contribution in [3.05, 3.63) is 126 Å². The summed E-state index contributed by atoms with van der Waals surface area (Å²) < 4.78 is 0. The molecule has 0 radical (unpaired) electrons. The van der Waals surface area contributed by atoms with E-state index in [-0.39, 0.29) is 44.5 Å². The van der Waals surface area contributed by atoms with Gasteiger partial charge in [-0.25, -0.2) is 4.98 Å². The van der Waals surface area contributed by atoms with Crippen LogP contribution >= 0.6 is 21.6 Å². The third kappa shape index (κ3) is 24.3. The average Bonchev–Trinajstić information content (AvgIpc) is 1.70. The Balaban J connectivity index is 1.20. The number of benzene rings is 3. The molecule has 0 bridgehead atoms. The Morgan fingerprint density at radius 1 is 0.584 bits per heavy atom. The first-order chi connectivity index (χ1) is 53.8. The highest BCUT2D eigenvalue weighted by Gasteiger charge is 2.42. The van der Waals surface area contributed by atoms with Gasteiger partial charge in [-0.3, -0.25) is 76.7 Å². The summed E-state index contributed by atoms with van der Waals surface area (Å²) in [5.41, 5.74) is 26.6. The van der Waals surface area contributed by atoms with Crippen LogP contribution in [0.3, 0.4) is 0 Å². The molecule has 0 saturated carbocycles. The number of likely N-dealkylation sites (tertiary alicyclic amines) is 1. The van der Waals surface area contributed by atoms with Crippen LogP contribution in [-0.4, -0.2) is 226 Å². The van der Waals surface area contributed by atoms with E-state index < -0.39 is 223 Å². The summed E-state index contributed by atoms with van der Waals surface area (Å²) in [5, 5.41) is 50.1. The molecule has 14 atom stereocenters. The Bertz CT molecular complexity index is 4500. The molecule has 3 aromatic heterocycles. The van der Waals surface area contributed by atoms with Crippen LogP contribution in [0.25, 0.3) is 21.8 Å². The van der Waals surface area contributed by atoms with Crippen molar-refractivity contribution in [2.45, 2.75) is 177 Å². The second kappa shape index (κ2) is 40.9. The topological polar surface area (TPSA) is 613 Å². The number of primary amides is 3. The molecule has 606 valence electrons. The molecule has 113 heavy (non-hydrogen) atoms. The number of aromatic nitrogens is 4. The van der Waals surface area contributed by atoms with Gasteiger partial charge in [0.05, 0.1) is 31.7 Å². The number of nitrogens with one attached hydrogen (secondary N) is 14. The molecule has 6 aromatic rings. The Morgan fingerprint density at radius 2 is 1.11 bits per heavy atom. The van der Waals surface area contributed by atoms with E-state index in [0.717, 1.165) is 6.92 Å². The number of nitrogens with zero attached hydrogens (tertiary/aromatic N) is 2. The number of nitrogens with two attached hydrogens (primary N) is 4. The predicted molar refractivity (Wildman–Crippen MR) is 411 cm³/mol. The van der Waals surface area contributed by atoms with Crippen molar-refractivity contribution in [2.24, 2.45) is 28.9 Å². The number of carboxylic acid groups (broad SMARTS) is 1. The monoisotopic (exact) mass is 1600 g/mol. The smallest absolute Gasteiger partial charge is 0.305 e. The molecule has 15 amide bonds. The van der Waals surface area contributed by atoms with E-state index in [4.69, 9.17) is 22.9 Å². The third-order valence-corrected chi connectivity index (χ3v) is 21.6. The number of carboxylic acids is 1. The second-order valence-corrected chi connectivity index (χ2v) is 30.1. The van der Waals surface area contributed by atoms with E-state index in [1.807, 2.05) is 0 Å². The van der Waals surface area contributed by atoms with Gasteiger partial charge in [0, 0.05) is 103 Å². The third-order valence-electron chi connectivity index (χ3n) is 19.1. The van der Waals surface area contributed by atoms with Crippen LogP contribution in [0.4, 0.5) is 0 Å². The van der Waals surface area contributed by atoms with Crippen molar-refractivity contribution < 1.29 is 86.9 Å². The minimum atomic E-state index is -2.10. The summed E-state index contributed by atoms with van der Waals surface area (Å²) in [6.45, 7) is 5.61. The van der Waals surface area contributed by atoms with E-state index in [0.29, 0.717) is 72.1 Å². The molecule has 40 heteroatoms. The Kier molecular flexibility index (Phi) is 31.3. The van der Waals surface area contributed by atoms with E-state index in [9.17, 15) is 63.0 Å². The van der Waals surface area contributed by atoms with Crippen LogP contribution in [0.15, 0.2) is 97.7 Å². The number of hydrogen-bond acceptors (Lipinski definition) is 21. The first-order valence-electron chi connectivity index (χ1n) is 36.3. The van der Waals surface area contributed by atoms with Crippen molar-refractivity contribution in [2.75, 3.05) is 18.1 Å². The fourth-order valence-corrected chi connectivity index (χ4v) is 15.3. The zero-order valence-electron chi connectivity index (χ0n) is 62.2. The zero-order valence-corrected chi connectivity index (χ0v) is 63.8. The maximum Gasteiger partial charge on any atom is 0.305 e. The molecular formula is C73H94N20O18S2. The number of fused-ring (bicyclic) bond motifs is 2. The lowest BCUT2D eigenvalue weighted by Gasteiger charge is -2.30. The molecule has 38 nitrogen and oxygen atoms in total. The number of rotatable bonds is 29. The Hall–Kier alpha value is -11.9. The van der Waals surface area contributed by atoms with Crippen LogP contribution in [0, 0.1) is 5.92 Å². The van der Waals surface area contributed by atoms with Crippen LogP contribution in [0.5, 0.6) is 0 Å². The van der Waals surface area contributed by atoms with Crippen LogP contribution in [0.1, 0.15) is 94.2 Å². The maximum absolute atomic E-state index is 15.3. The molecule has 5 heterocycles. The standard InChI is InChI=1S/C73H94N20O18S2/c1-5-35(2)60(91-72(110)61(36(3)94)92-68(106)47(82-37(4)95)21-38-13-6-7-14-39(38)28-74)71(109)90-55-33-113-112-32-54(70(108)88-53(73(111)93-20-12-19-56(93)62(77)100)23-41-30-80-46-18-11-9-16-44(41)46)89-67(105)52(27-59(98)99)87-64(102)49(24-42-31-78-34-81-42)84-63(101)48(22-40-29-79-45-17-10-8-15-43(40)45)83-65(103)50(25-57(75)96)85-66(104)51(26-58(76)97)86-69(55)107/h6-11,13-18,29-31,34-36,47-56,60-61,79-80,94H,5,12,19-28,32-33,74H2,1-4H3,(H2,75,96)(H2,76,97)(H2,77,100)(H,78,81)(H,82,95)(H,83,103)(H,84,101)(H,85,104)(H,86,107)(H,87,102)(H,88,108)(H,89,105)(H,90,109)(H,91,110)(H,92,106)(H,98,99)/t35-,36+,47-,48-,49-,50-,51-,52-,53-,54-,55-,56-,60-,61-/m0/s1. The number of H-pyrrole nitrogens is 3. The van der Waals surface area contributed by atoms with Crippen molar-refractivity contribution in [3.63, 3.8) is 0 Å². The van der Waals surface area contributed by atoms with Gasteiger partial charge in [-0.2, -0.15) is 0 Å². The lowest BCUT2D eigenvalue weighted by Crippen LogP contribution is -2.63. The SMILES string of the molecule is CC[C@H](C)[C@H](NC(=O)[C@@H](NC(=O)[C@H](Cc1ccccc1CN)NC(C)=O)[C@@H](C)O)C(=O)N[C@H]1CSSC[C@@H](C(=O)N[C@@H](Cc2c[nH]c3ccccc23)C(=O)N2CCC[C@H]2C(N)=O)NC(=O)[C@H](CC(=O)O)NC(=O)[C@H](Cc2cnc[nH]2)NC(=O)[C@H](Cc2c[nH]c3ccccc23)NC(=O)[C@H](CC(N)=O)NC(=O)[C@H](CC(N)=O)NC1=O. The van der Waals surface area contributed by atoms with E-state index in [2.05, 4.69) is 78.4 Å². The lowest BCUT2D eigenvalue weighted by atomic mass is 9.96. The summed E-state index contributed by atoms with van der Waals surface area (Å²) in [5.74, 6) is -20.3. The number of para-hydroxylation sites is 2. The highest BCUT2D eigenvalue weighted by Crippen LogP contribution is 2.27. The van der Waals surface area contributed by atoms with Crippen molar-refractivity contribution in [1.82, 2.24) is 83.3 Å². The molecule has 0 spiro atoms. The highest BCUT2D eigenvalue weighted by molar-refractivity contribution is 8.76. The first-order valence-corrected chi connectivity index (χ1v) is 38.8. The predicted octanol–water partition coefficient (Wildman–Crippen LogP) is -4.02. The minimum Gasteiger partial charge on any atom is -0.481 e. The summed E-state index contributed by atoms with van der Waals surface area (Å²) in [6, 6.07) is -0.379. The largest absolute Gasteiger partial charge is 0.481 e. The zero-order chi connectivity index (χ0) is 82.3. The van der Waals surface area contributed by atoms with Crippen LogP contribution < -0.4 is 81.4 Å². The molecule has 24 N–H and O–H groups in total. The summed E-state index contributed by atoms with van der Waals surface area (Å²) in [4.78, 5) is 242.